The van der Waals surface area contributed by atoms with Crippen LogP contribution in [-0.4, -0.2) is 25.7 Å². The number of pyridine rings is 1. The Kier molecular flexibility index (Phi) is 4.49. The molecule has 8 heteroatoms. The predicted octanol–water partition coefficient (Wildman–Crippen LogP) is 4.01. The Morgan fingerprint density at radius 3 is 2.67 bits per heavy atom. The van der Waals surface area contributed by atoms with Gasteiger partial charge in [-0.25, -0.2) is 9.78 Å². The van der Waals surface area contributed by atoms with Crippen LogP contribution in [0.3, 0.4) is 0 Å². The Hall–Kier alpha value is -3.00. The molecule has 138 valence electrons. The molecule has 0 saturated carbocycles. The van der Waals surface area contributed by atoms with E-state index in [4.69, 9.17) is 9.15 Å². The first-order valence-corrected chi connectivity index (χ1v) is 9.41. The van der Waals surface area contributed by atoms with E-state index in [-0.39, 0.29) is 12.5 Å². The number of ether oxygens (including phenoxy) is 1. The number of carbonyl (C=O) groups is 1. The van der Waals surface area contributed by atoms with E-state index in [1.807, 2.05) is 55.9 Å². The molecule has 4 rings (SSSR count). The zero-order valence-electron chi connectivity index (χ0n) is 15.2. The molecule has 0 saturated heterocycles. The molecule has 27 heavy (non-hydrogen) atoms. The first-order chi connectivity index (χ1) is 13.1. The van der Waals surface area contributed by atoms with Crippen LogP contribution in [0.5, 0.6) is 0 Å². The maximum absolute atomic E-state index is 12.8. The summed E-state index contributed by atoms with van der Waals surface area (Å²) in [5.41, 5.74) is 2.77. The number of hydrogen-bond donors (Lipinski definition) is 0. The molecule has 0 unspecified atom stereocenters. The lowest BCUT2D eigenvalue weighted by Crippen LogP contribution is -2.07. The van der Waals surface area contributed by atoms with E-state index in [1.165, 1.54) is 11.3 Å². The van der Waals surface area contributed by atoms with E-state index < -0.39 is 5.97 Å². The van der Waals surface area contributed by atoms with Crippen molar-refractivity contribution in [2.75, 3.05) is 0 Å². The van der Waals surface area contributed by atoms with Crippen molar-refractivity contribution < 1.29 is 13.9 Å². The van der Waals surface area contributed by atoms with Crippen LogP contribution in [0.2, 0.25) is 0 Å². The van der Waals surface area contributed by atoms with Crippen LogP contribution >= 0.6 is 11.3 Å². The lowest BCUT2D eigenvalue weighted by molar-refractivity contribution is 0.0442. The highest BCUT2D eigenvalue weighted by atomic mass is 32.1. The van der Waals surface area contributed by atoms with Gasteiger partial charge in [0.25, 0.3) is 5.89 Å². The Balaban J connectivity index is 1.72. The van der Waals surface area contributed by atoms with Gasteiger partial charge < -0.3 is 13.7 Å². The molecule has 4 heterocycles. The number of rotatable bonds is 5. The second-order valence-corrected chi connectivity index (χ2v) is 7.15. The number of fused-ring (bicyclic) bond motifs is 1. The quantitative estimate of drug-likeness (QED) is 0.485. The zero-order chi connectivity index (χ0) is 19.0. The highest BCUT2D eigenvalue weighted by Gasteiger charge is 2.23. The van der Waals surface area contributed by atoms with Crippen LogP contribution < -0.4 is 0 Å². The normalized spacial score (nSPS) is 11.2. The molecular weight excluding hydrogens is 364 g/mol. The molecule has 0 atom stereocenters. The average Bonchev–Trinajstić information content (AvgIpc) is 3.37. The summed E-state index contributed by atoms with van der Waals surface area (Å²) >= 11 is 1.33. The highest BCUT2D eigenvalue weighted by Crippen LogP contribution is 2.36. The first-order valence-electron chi connectivity index (χ1n) is 8.59. The van der Waals surface area contributed by atoms with E-state index >= 15 is 0 Å². The molecular formula is C19H18N4O3S. The van der Waals surface area contributed by atoms with Crippen molar-refractivity contribution in [3.05, 3.63) is 58.5 Å². The number of carbonyl (C=O) groups excluding carboxylic acids is 1. The molecule has 0 aliphatic heterocycles. The third kappa shape index (κ3) is 3.23. The minimum absolute atomic E-state index is 0.0589. The van der Waals surface area contributed by atoms with E-state index in [0.717, 1.165) is 27.2 Å². The number of hydrogen-bond acceptors (Lipinski definition) is 7. The molecule has 0 spiro atoms. The van der Waals surface area contributed by atoms with E-state index in [9.17, 15) is 4.79 Å². The minimum Gasteiger partial charge on any atom is -0.451 e. The molecule has 0 aliphatic carbocycles. The van der Waals surface area contributed by atoms with Gasteiger partial charge in [0.15, 0.2) is 6.61 Å². The maximum atomic E-state index is 12.8. The van der Waals surface area contributed by atoms with Crippen molar-refractivity contribution in [2.45, 2.75) is 33.8 Å². The fourth-order valence-corrected chi connectivity index (χ4v) is 4.16. The van der Waals surface area contributed by atoms with Crippen molar-refractivity contribution in [1.82, 2.24) is 19.7 Å². The molecule has 4 aromatic rings. The SMILES string of the molecule is CCc1nnc(COC(=O)c2sc3nc(C)cc(C)c3c2-n2cccc2)o1. The van der Waals surface area contributed by atoms with Gasteiger partial charge >= 0.3 is 5.97 Å². The summed E-state index contributed by atoms with van der Waals surface area (Å²) in [5, 5.41) is 8.72. The number of aryl methyl sites for hydroxylation is 3. The van der Waals surface area contributed by atoms with E-state index in [2.05, 4.69) is 15.2 Å². The summed E-state index contributed by atoms with van der Waals surface area (Å²) in [4.78, 5) is 18.7. The number of aromatic nitrogens is 4. The third-order valence-corrected chi connectivity index (χ3v) is 5.20. The average molecular weight is 382 g/mol. The second kappa shape index (κ2) is 6.96. The summed E-state index contributed by atoms with van der Waals surface area (Å²) in [6, 6.07) is 5.85. The van der Waals surface area contributed by atoms with Gasteiger partial charge in [0, 0.05) is 29.9 Å². The highest BCUT2D eigenvalue weighted by molar-refractivity contribution is 7.21. The van der Waals surface area contributed by atoms with Crippen molar-refractivity contribution in [1.29, 1.82) is 0 Å². The molecule has 7 nitrogen and oxygen atoms in total. The van der Waals surface area contributed by atoms with E-state index in [0.29, 0.717) is 17.2 Å². The number of nitrogens with zero attached hydrogens (tertiary/aromatic N) is 4. The van der Waals surface area contributed by atoms with Gasteiger partial charge in [-0.1, -0.05) is 6.92 Å². The molecule has 0 amide bonds. The Labute approximate surface area is 159 Å². The molecule has 0 bridgehead atoms. The third-order valence-electron chi connectivity index (χ3n) is 4.15. The molecule has 0 radical (unpaired) electrons. The van der Waals surface area contributed by atoms with Gasteiger partial charge in [0.2, 0.25) is 5.89 Å². The molecule has 0 aromatic carbocycles. The van der Waals surface area contributed by atoms with Crippen LogP contribution in [-0.2, 0) is 17.8 Å². The van der Waals surface area contributed by atoms with Crippen molar-refractivity contribution in [3.63, 3.8) is 0 Å². The summed E-state index contributed by atoms with van der Waals surface area (Å²) in [6.45, 7) is 5.83. The van der Waals surface area contributed by atoms with Crippen molar-refractivity contribution in [2.24, 2.45) is 0 Å². The van der Waals surface area contributed by atoms with Gasteiger partial charge in [-0.3, -0.25) is 0 Å². The summed E-state index contributed by atoms with van der Waals surface area (Å²) < 4.78 is 12.8. The van der Waals surface area contributed by atoms with Gasteiger partial charge in [0.05, 0.1) is 5.69 Å². The van der Waals surface area contributed by atoms with Gasteiger partial charge in [-0.2, -0.15) is 0 Å². The van der Waals surface area contributed by atoms with Crippen LogP contribution in [0.15, 0.2) is 35.0 Å². The van der Waals surface area contributed by atoms with Gasteiger partial charge in [-0.05, 0) is 37.6 Å². The molecule has 4 aromatic heterocycles. The maximum Gasteiger partial charge on any atom is 0.351 e. The lowest BCUT2D eigenvalue weighted by Gasteiger charge is -2.07. The second-order valence-electron chi connectivity index (χ2n) is 6.15. The topological polar surface area (TPSA) is 83.0 Å². The van der Waals surface area contributed by atoms with Crippen LogP contribution in [0.4, 0.5) is 0 Å². The fraction of sp³-hybridized carbons (Fsp3) is 0.263. The Morgan fingerprint density at radius 1 is 1.22 bits per heavy atom. The zero-order valence-corrected chi connectivity index (χ0v) is 16.0. The van der Waals surface area contributed by atoms with E-state index in [1.54, 1.807) is 0 Å². The molecule has 0 N–H and O–H groups in total. The van der Waals surface area contributed by atoms with Crippen molar-refractivity contribution in [3.8, 4) is 5.69 Å². The summed E-state index contributed by atoms with van der Waals surface area (Å²) in [6.07, 6.45) is 4.45. The van der Waals surface area contributed by atoms with Crippen molar-refractivity contribution >= 4 is 27.5 Å². The fourth-order valence-electron chi connectivity index (χ4n) is 2.97. The Morgan fingerprint density at radius 2 is 1.96 bits per heavy atom. The molecule has 0 aliphatic rings. The Bertz CT molecular complexity index is 1110. The largest absolute Gasteiger partial charge is 0.451 e. The van der Waals surface area contributed by atoms with Gasteiger partial charge in [-0.15, -0.1) is 21.5 Å². The monoisotopic (exact) mass is 382 g/mol. The number of esters is 1. The van der Waals surface area contributed by atoms with Crippen LogP contribution in [0.25, 0.3) is 15.9 Å². The standard InChI is InChI=1S/C19H18N4O3S/c1-4-13-21-22-14(26-13)10-25-19(24)17-16(23-7-5-6-8-23)15-11(2)9-12(3)20-18(15)27-17/h5-9H,4,10H2,1-3H3. The minimum atomic E-state index is -0.435. The molecule has 0 fully saturated rings. The smallest absolute Gasteiger partial charge is 0.351 e. The first kappa shape index (κ1) is 17.4. The lowest BCUT2D eigenvalue weighted by atomic mass is 10.1. The summed E-state index contributed by atoms with van der Waals surface area (Å²) in [5.74, 6) is 0.371. The number of thiophene rings is 1. The van der Waals surface area contributed by atoms with Crippen LogP contribution in [0.1, 0.15) is 39.6 Å². The van der Waals surface area contributed by atoms with Crippen LogP contribution in [0, 0.1) is 13.8 Å². The van der Waals surface area contributed by atoms with Gasteiger partial charge in [0.1, 0.15) is 9.71 Å². The summed E-state index contributed by atoms with van der Waals surface area (Å²) in [7, 11) is 0. The predicted molar refractivity (Wildman–Crippen MR) is 101 cm³/mol.